The van der Waals surface area contributed by atoms with Gasteiger partial charge in [0.1, 0.15) is 12.2 Å². The maximum absolute atomic E-state index is 12.5. The first-order valence-electron chi connectivity index (χ1n) is 12.2. The van der Waals surface area contributed by atoms with Gasteiger partial charge < -0.3 is 19.8 Å². The lowest BCUT2D eigenvalue weighted by molar-refractivity contribution is -0.144. The third-order valence-electron chi connectivity index (χ3n) is 7.72. The molecule has 33 heavy (non-hydrogen) atoms. The van der Waals surface area contributed by atoms with E-state index < -0.39 is 11.6 Å². The lowest BCUT2D eigenvalue weighted by atomic mass is 9.53. The van der Waals surface area contributed by atoms with E-state index in [2.05, 4.69) is 10.6 Å². The molecule has 176 valence electrons. The Bertz CT molecular complexity index is 1090. The molecule has 1 heterocycles. The van der Waals surface area contributed by atoms with Gasteiger partial charge in [0.05, 0.1) is 6.42 Å². The largest absolute Gasteiger partial charge is 0.461 e. The van der Waals surface area contributed by atoms with Crippen molar-refractivity contribution in [3.8, 4) is 0 Å². The highest BCUT2D eigenvalue weighted by Gasteiger charge is 2.51. The van der Waals surface area contributed by atoms with E-state index in [4.69, 9.17) is 9.15 Å². The van der Waals surface area contributed by atoms with Crippen LogP contribution in [0.3, 0.4) is 0 Å². The fourth-order valence-electron chi connectivity index (χ4n) is 6.67. The second-order valence-corrected chi connectivity index (χ2v) is 10.3. The molecule has 4 bridgehead atoms. The van der Waals surface area contributed by atoms with Crippen LogP contribution in [-0.2, 0) is 22.6 Å². The van der Waals surface area contributed by atoms with Crippen LogP contribution in [0.15, 0.2) is 33.5 Å². The first-order valence-corrected chi connectivity index (χ1v) is 12.2. The van der Waals surface area contributed by atoms with Gasteiger partial charge in [-0.05, 0) is 74.3 Å². The summed E-state index contributed by atoms with van der Waals surface area (Å²) in [6.07, 6.45) is 8.16. The van der Waals surface area contributed by atoms with E-state index in [1.54, 1.807) is 0 Å². The Morgan fingerprint density at radius 3 is 2.45 bits per heavy atom. The zero-order valence-corrected chi connectivity index (χ0v) is 19.2. The van der Waals surface area contributed by atoms with E-state index >= 15 is 0 Å². The van der Waals surface area contributed by atoms with Gasteiger partial charge in [-0.3, -0.25) is 4.79 Å². The number of rotatable bonds is 7. The van der Waals surface area contributed by atoms with E-state index in [0.29, 0.717) is 11.1 Å². The van der Waals surface area contributed by atoms with Crippen LogP contribution in [0, 0.1) is 17.8 Å². The Morgan fingerprint density at radius 2 is 1.79 bits per heavy atom. The SMILES string of the molecule is CCc1ccc2c(COC(=O)CCNC(=O)NC34CC5CC(CC(C5)C3)C4)cc(=O)oc2c1. The van der Waals surface area contributed by atoms with Crippen LogP contribution in [0.4, 0.5) is 4.79 Å². The molecular weight excluding hydrogens is 420 g/mol. The molecule has 4 aliphatic carbocycles. The van der Waals surface area contributed by atoms with Gasteiger partial charge in [-0.25, -0.2) is 9.59 Å². The summed E-state index contributed by atoms with van der Waals surface area (Å²) in [6, 6.07) is 6.87. The molecule has 6 rings (SSSR count). The van der Waals surface area contributed by atoms with Crippen molar-refractivity contribution in [2.45, 2.75) is 70.4 Å². The fraction of sp³-hybridized carbons (Fsp3) is 0.577. The van der Waals surface area contributed by atoms with Crippen molar-refractivity contribution in [2.24, 2.45) is 17.8 Å². The molecule has 1 aromatic carbocycles. The summed E-state index contributed by atoms with van der Waals surface area (Å²) in [6.45, 7) is 2.24. The summed E-state index contributed by atoms with van der Waals surface area (Å²) in [4.78, 5) is 36.6. The van der Waals surface area contributed by atoms with Crippen LogP contribution in [0.2, 0.25) is 0 Å². The lowest BCUT2D eigenvalue weighted by Crippen LogP contribution is -2.61. The molecule has 7 nitrogen and oxygen atoms in total. The Labute approximate surface area is 193 Å². The highest BCUT2D eigenvalue weighted by atomic mass is 16.5. The van der Waals surface area contributed by atoms with Crippen LogP contribution in [-0.4, -0.2) is 24.1 Å². The number of aryl methyl sites for hydroxylation is 1. The number of ether oxygens (including phenoxy) is 1. The number of esters is 1. The van der Waals surface area contributed by atoms with Crippen molar-refractivity contribution in [1.29, 1.82) is 0 Å². The topological polar surface area (TPSA) is 97.6 Å². The van der Waals surface area contributed by atoms with Gasteiger partial charge in [-0.2, -0.15) is 0 Å². The second kappa shape index (κ2) is 8.84. The predicted octanol–water partition coefficient (Wildman–Crippen LogP) is 4.06. The zero-order valence-electron chi connectivity index (χ0n) is 19.2. The maximum Gasteiger partial charge on any atom is 0.336 e. The van der Waals surface area contributed by atoms with E-state index in [-0.39, 0.29) is 31.1 Å². The van der Waals surface area contributed by atoms with Gasteiger partial charge >= 0.3 is 17.6 Å². The molecule has 2 amide bonds. The molecule has 0 spiro atoms. The average molecular weight is 453 g/mol. The highest BCUT2D eigenvalue weighted by molar-refractivity contribution is 5.81. The highest BCUT2D eigenvalue weighted by Crippen LogP contribution is 2.55. The van der Waals surface area contributed by atoms with E-state index in [1.165, 1.54) is 25.3 Å². The molecule has 7 heteroatoms. The predicted molar refractivity (Wildman–Crippen MR) is 124 cm³/mol. The fourth-order valence-corrected chi connectivity index (χ4v) is 6.67. The quantitative estimate of drug-likeness (QED) is 0.488. The number of fused-ring (bicyclic) bond motifs is 1. The van der Waals surface area contributed by atoms with Gasteiger partial charge in [-0.15, -0.1) is 0 Å². The van der Waals surface area contributed by atoms with Crippen molar-refractivity contribution >= 4 is 23.0 Å². The molecule has 0 saturated heterocycles. The van der Waals surface area contributed by atoms with Crippen molar-refractivity contribution in [3.63, 3.8) is 0 Å². The van der Waals surface area contributed by atoms with Crippen LogP contribution < -0.4 is 16.3 Å². The normalized spacial score (nSPS) is 27.5. The molecule has 4 fully saturated rings. The number of hydrogen-bond donors (Lipinski definition) is 2. The molecular formula is C26H32N2O5. The van der Waals surface area contributed by atoms with Crippen molar-refractivity contribution in [3.05, 3.63) is 45.8 Å². The summed E-state index contributed by atoms with van der Waals surface area (Å²) in [5.41, 5.74) is 1.66. The number of amides is 2. The van der Waals surface area contributed by atoms with Crippen LogP contribution in [0.5, 0.6) is 0 Å². The first-order chi connectivity index (χ1) is 15.9. The van der Waals surface area contributed by atoms with Crippen LogP contribution >= 0.6 is 0 Å². The number of hydrogen-bond acceptors (Lipinski definition) is 5. The van der Waals surface area contributed by atoms with Gasteiger partial charge in [0.25, 0.3) is 0 Å². The molecule has 0 aliphatic heterocycles. The van der Waals surface area contributed by atoms with Gasteiger partial charge in [0.2, 0.25) is 0 Å². The second-order valence-electron chi connectivity index (χ2n) is 10.3. The van der Waals surface area contributed by atoms with Crippen molar-refractivity contribution in [1.82, 2.24) is 10.6 Å². The smallest absolute Gasteiger partial charge is 0.336 e. The molecule has 2 aromatic rings. The molecule has 0 unspecified atom stereocenters. The van der Waals surface area contributed by atoms with Crippen molar-refractivity contribution in [2.75, 3.05) is 6.54 Å². The Kier molecular flexibility index (Phi) is 5.89. The summed E-state index contributed by atoms with van der Waals surface area (Å²) in [5, 5.41) is 6.82. The number of carbonyl (C=O) groups is 2. The third kappa shape index (κ3) is 4.77. The number of carbonyl (C=O) groups excluding carboxylic acids is 2. The standard InChI is InChI=1S/C26H32N2O5/c1-2-16-3-4-21-20(11-24(30)33-22(21)10-16)15-32-23(29)5-6-27-25(31)28-26-12-17-7-18(13-26)9-19(8-17)14-26/h3-4,10-11,17-19H,2,5-9,12-15H2,1H3,(H2,27,28,31). The minimum atomic E-state index is -0.468. The average Bonchev–Trinajstić information content (AvgIpc) is 2.75. The summed E-state index contributed by atoms with van der Waals surface area (Å²) < 4.78 is 10.7. The summed E-state index contributed by atoms with van der Waals surface area (Å²) in [5.74, 6) is 1.86. The first kappa shape index (κ1) is 22.0. The minimum absolute atomic E-state index is 0.00806. The summed E-state index contributed by atoms with van der Waals surface area (Å²) >= 11 is 0. The summed E-state index contributed by atoms with van der Waals surface area (Å²) in [7, 11) is 0. The van der Waals surface area contributed by atoms with Crippen LogP contribution in [0.25, 0.3) is 11.0 Å². The van der Waals surface area contributed by atoms with Crippen molar-refractivity contribution < 1.29 is 18.7 Å². The van der Waals surface area contributed by atoms with Crippen LogP contribution in [0.1, 0.15) is 63.0 Å². The van der Waals surface area contributed by atoms with E-state index in [9.17, 15) is 14.4 Å². The molecule has 2 N–H and O–H groups in total. The Balaban J connectivity index is 1.10. The molecule has 4 saturated carbocycles. The Hall–Kier alpha value is -2.83. The van der Waals surface area contributed by atoms with E-state index in [1.807, 2.05) is 25.1 Å². The van der Waals surface area contributed by atoms with E-state index in [0.717, 1.165) is 54.4 Å². The molecule has 0 atom stereocenters. The Morgan fingerprint density at radius 1 is 1.09 bits per heavy atom. The molecule has 1 aromatic heterocycles. The zero-order chi connectivity index (χ0) is 23.0. The monoisotopic (exact) mass is 452 g/mol. The van der Waals surface area contributed by atoms with Gasteiger partial charge in [0.15, 0.2) is 0 Å². The maximum atomic E-state index is 12.5. The molecule has 0 radical (unpaired) electrons. The van der Waals surface area contributed by atoms with Gasteiger partial charge in [0, 0.05) is 29.1 Å². The molecule has 4 aliphatic rings. The number of benzene rings is 1. The number of urea groups is 1. The minimum Gasteiger partial charge on any atom is -0.461 e. The lowest BCUT2D eigenvalue weighted by Gasteiger charge is -2.56. The third-order valence-corrected chi connectivity index (χ3v) is 7.72. The van der Waals surface area contributed by atoms with Gasteiger partial charge in [-0.1, -0.05) is 19.1 Å². The number of nitrogens with one attached hydrogen (secondary N) is 2.